The average Bonchev–Trinajstić information content (AvgIpc) is 2.88. The Morgan fingerprint density at radius 3 is 2.00 bits per heavy atom. The van der Waals surface area contributed by atoms with Crippen LogP contribution in [-0.2, 0) is 23.9 Å². The fraction of sp³-hybridized carbons (Fsp3) is 0.733. The van der Waals surface area contributed by atoms with E-state index in [9.17, 15) is 19.2 Å². The van der Waals surface area contributed by atoms with Crippen LogP contribution in [-0.4, -0.2) is 49.4 Å². The lowest BCUT2D eigenvalue weighted by atomic mass is 9.93. The van der Waals surface area contributed by atoms with E-state index in [0.29, 0.717) is 19.3 Å². The summed E-state index contributed by atoms with van der Waals surface area (Å²) in [6, 6.07) is -1.82. The Labute approximate surface area is 230 Å². The number of esters is 1. The molecule has 0 heterocycles. The largest absolute Gasteiger partial charge is 0.464 e. The molecule has 2 unspecified atom stereocenters. The summed E-state index contributed by atoms with van der Waals surface area (Å²) in [5.41, 5.74) is 0. The van der Waals surface area contributed by atoms with Crippen LogP contribution in [0.4, 0.5) is 0 Å². The Morgan fingerprint density at radius 2 is 1.45 bits per heavy atom. The summed E-state index contributed by atoms with van der Waals surface area (Å²) in [4.78, 5) is 51.8. The van der Waals surface area contributed by atoms with Gasteiger partial charge in [0, 0.05) is 18.9 Å². The zero-order valence-corrected chi connectivity index (χ0v) is 24.5. The summed E-state index contributed by atoms with van der Waals surface area (Å²) >= 11 is 0. The van der Waals surface area contributed by atoms with Gasteiger partial charge in [-0.25, -0.2) is 4.79 Å². The third-order valence-electron chi connectivity index (χ3n) is 6.56. The Hall–Kier alpha value is -2.64. The zero-order valence-electron chi connectivity index (χ0n) is 24.5. The van der Waals surface area contributed by atoms with Crippen molar-refractivity contribution < 1.29 is 23.9 Å². The van der Waals surface area contributed by atoms with E-state index in [1.807, 2.05) is 19.9 Å². The molecule has 0 aliphatic heterocycles. The van der Waals surface area contributed by atoms with E-state index in [0.717, 1.165) is 38.5 Å². The van der Waals surface area contributed by atoms with E-state index in [1.54, 1.807) is 13.0 Å². The van der Waals surface area contributed by atoms with Crippen molar-refractivity contribution in [1.29, 1.82) is 0 Å². The van der Waals surface area contributed by atoms with Crippen molar-refractivity contribution in [3.8, 4) is 0 Å². The minimum Gasteiger partial charge on any atom is -0.464 e. The van der Waals surface area contributed by atoms with Crippen molar-refractivity contribution in [2.75, 3.05) is 13.7 Å². The molecule has 4 atom stereocenters. The molecule has 3 N–H and O–H groups in total. The molecule has 0 aliphatic carbocycles. The summed E-state index contributed by atoms with van der Waals surface area (Å²) in [5.74, 6) is -2.08. The second-order valence-corrected chi connectivity index (χ2v) is 10.3. The van der Waals surface area contributed by atoms with Crippen LogP contribution in [0.1, 0.15) is 98.3 Å². The molecule has 0 fully saturated rings. The summed E-state index contributed by atoms with van der Waals surface area (Å²) in [5, 5.41) is 8.33. The normalized spacial score (nSPS) is 14.1. The van der Waals surface area contributed by atoms with Crippen molar-refractivity contribution in [2.24, 2.45) is 17.8 Å². The number of nitrogens with one attached hydrogen (secondary N) is 3. The maximum atomic E-state index is 13.4. The monoisotopic (exact) mass is 535 g/mol. The highest BCUT2D eigenvalue weighted by Gasteiger charge is 2.32. The number of carbonyl (C=O) groups excluding carboxylic acids is 4. The third-order valence-corrected chi connectivity index (χ3v) is 6.56. The molecule has 218 valence electrons. The van der Waals surface area contributed by atoms with Crippen LogP contribution in [0.5, 0.6) is 0 Å². The second kappa shape index (κ2) is 21.3. The molecule has 0 aliphatic rings. The number of hydrogen-bond acceptors (Lipinski definition) is 5. The molecule has 0 saturated carbocycles. The maximum Gasteiger partial charge on any atom is 0.328 e. The minimum absolute atomic E-state index is 0.0678. The lowest BCUT2D eigenvalue weighted by molar-refractivity contribution is -0.148. The van der Waals surface area contributed by atoms with E-state index in [4.69, 9.17) is 4.74 Å². The molecule has 0 aromatic rings. The van der Waals surface area contributed by atoms with Gasteiger partial charge in [0.2, 0.25) is 17.7 Å². The van der Waals surface area contributed by atoms with Crippen LogP contribution in [0.25, 0.3) is 0 Å². The van der Waals surface area contributed by atoms with Gasteiger partial charge >= 0.3 is 5.97 Å². The Balaban J connectivity index is 5.64. The molecule has 0 spiro atoms. The maximum absolute atomic E-state index is 13.4. The number of rotatable bonds is 22. The van der Waals surface area contributed by atoms with Crippen LogP contribution in [0.15, 0.2) is 25.3 Å². The van der Waals surface area contributed by atoms with Gasteiger partial charge in [0.05, 0.1) is 6.61 Å². The molecule has 0 bridgehead atoms. The van der Waals surface area contributed by atoms with Gasteiger partial charge in [0.15, 0.2) is 0 Å². The summed E-state index contributed by atoms with van der Waals surface area (Å²) < 4.78 is 5.19. The summed E-state index contributed by atoms with van der Waals surface area (Å²) in [7, 11) is 1.52. The van der Waals surface area contributed by atoms with Crippen molar-refractivity contribution in [3.63, 3.8) is 0 Å². The number of hydrogen-bond donors (Lipinski definition) is 3. The van der Waals surface area contributed by atoms with E-state index < -0.39 is 29.9 Å². The fourth-order valence-corrected chi connectivity index (χ4v) is 4.44. The van der Waals surface area contributed by atoms with Gasteiger partial charge in [-0.2, -0.15) is 0 Å². The first-order valence-electron chi connectivity index (χ1n) is 14.4. The lowest BCUT2D eigenvalue weighted by Gasteiger charge is -2.27. The predicted molar refractivity (Wildman–Crippen MR) is 153 cm³/mol. The Kier molecular flexibility index (Phi) is 19.8. The molecule has 0 saturated heterocycles. The van der Waals surface area contributed by atoms with Crippen LogP contribution in [0.2, 0.25) is 0 Å². The number of allylic oxidation sites excluding steroid dienone is 2. The second-order valence-electron chi connectivity index (χ2n) is 10.3. The van der Waals surface area contributed by atoms with Gasteiger partial charge in [-0.1, -0.05) is 65.0 Å². The molecule has 0 rings (SSSR count). The molecule has 8 heteroatoms. The van der Waals surface area contributed by atoms with Crippen molar-refractivity contribution in [3.05, 3.63) is 25.3 Å². The van der Waals surface area contributed by atoms with Gasteiger partial charge in [0.25, 0.3) is 0 Å². The summed E-state index contributed by atoms with van der Waals surface area (Å²) in [6.07, 6.45) is 12.0. The predicted octanol–water partition coefficient (Wildman–Crippen LogP) is 4.84. The van der Waals surface area contributed by atoms with Gasteiger partial charge in [-0.3, -0.25) is 14.4 Å². The van der Waals surface area contributed by atoms with Gasteiger partial charge in [-0.15, -0.1) is 13.2 Å². The van der Waals surface area contributed by atoms with E-state index in [2.05, 4.69) is 36.0 Å². The summed E-state index contributed by atoms with van der Waals surface area (Å²) in [6.45, 7) is 15.4. The van der Waals surface area contributed by atoms with Crippen molar-refractivity contribution >= 4 is 23.7 Å². The SMILES string of the molecule is C=CCCC(CCCCCCC)C(=O)N[C@@H](CC(C)C)C(=O)N[C@@H](CC(CC=C)C(=O)NC)C(=O)OCC. The number of ether oxygens (including phenoxy) is 1. The number of carbonyl (C=O) groups is 4. The van der Waals surface area contributed by atoms with Gasteiger partial charge in [-0.05, 0) is 51.4 Å². The molecular formula is C30H53N3O5. The molecule has 0 aromatic heterocycles. The van der Waals surface area contributed by atoms with Crippen molar-refractivity contribution in [1.82, 2.24) is 16.0 Å². The van der Waals surface area contributed by atoms with E-state index in [1.165, 1.54) is 13.5 Å². The topological polar surface area (TPSA) is 114 Å². The molecule has 3 amide bonds. The standard InChI is InChI=1S/C30H53N3O5/c1-8-12-14-15-16-19-23(18-13-9-2)28(35)32-25(20-22(5)6)29(36)33-26(30(37)38-11-4)21-24(17-10-3)27(34)31-7/h9-10,22-26H,2-3,8,11-21H2,1,4-7H3,(H,31,34)(H,32,35)(H,33,36)/t23?,24?,25-,26-/m0/s1. The first-order chi connectivity index (χ1) is 18.1. The quantitative estimate of drug-likeness (QED) is 0.104. The third kappa shape index (κ3) is 14.9. The highest BCUT2D eigenvalue weighted by atomic mass is 16.5. The van der Waals surface area contributed by atoms with Gasteiger partial charge < -0.3 is 20.7 Å². The molecule has 0 aromatic carbocycles. The van der Waals surface area contributed by atoms with Crippen LogP contribution < -0.4 is 16.0 Å². The van der Waals surface area contributed by atoms with Crippen molar-refractivity contribution in [2.45, 2.75) is 110 Å². The van der Waals surface area contributed by atoms with Crippen LogP contribution in [0.3, 0.4) is 0 Å². The average molecular weight is 536 g/mol. The molecular weight excluding hydrogens is 482 g/mol. The lowest BCUT2D eigenvalue weighted by Crippen LogP contribution is -2.54. The zero-order chi connectivity index (χ0) is 28.9. The van der Waals surface area contributed by atoms with E-state index >= 15 is 0 Å². The highest BCUT2D eigenvalue weighted by Crippen LogP contribution is 2.19. The van der Waals surface area contributed by atoms with Gasteiger partial charge in [0.1, 0.15) is 12.1 Å². The molecule has 8 nitrogen and oxygen atoms in total. The smallest absolute Gasteiger partial charge is 0.328 e. The fourth-order valence-electron chi connectivity index (χ4n) is 4.44. The molecule has 38 heavy (non-hydrogen) atoms. The Bertz CT molecular complexity index is 737. The highest BCUT2D eigenvalue weighted by molar-refractivity contribution is 5.91. The van der Waals surface area contributed by atoms with Crippen LogP contribution >= 0.6 is 0 Å². The number of amides is 3. The van der Waals surface area contributed by atoms with E-state index in [-0.39, 0.29) is 36.7 Å². The first-order valence-corrected chi connectivity index (χ1v) is 14.4. The minimum atomic E-state index is -1.02. The first kappa shape index (κ1) is 35.4. The molecule has 0 radical (unpaired) electrons. The number of unbranched alkanes of at least 4 members (excludes halogenated alkanes) is 4. The van der Waals surface area contributed by atoms with Crippen LogP contribution in [0, 0.1) is 17.8 Å². The Morgan fingerprint density at radius 1 is 0.789 bits per heavy atom.